The van der Waals surface area contributed by atoms with Crippen LogP contribution in [0.3, 0.4) is 0 Å². The smallest absolute Gasteiger partial charge is 0.265 e. The van der Waals surface area contributed by atoms with Crippen LogP contribution in [0.5, 0.6) is 0 Å². The van der Waals surface area contributed by atoms with Crippen LogP contribution in [0.1, 0.15) is 25.7 Å². The molecule has 0 bridgehead atoms. The molecule has 0 aliphatic heterocycles. The molecule has 5 rings (SSSR count). The third-order valence-corrected chi connectivity index (χ3v) is 9.05. The molecule has 1 fully saturated rings. The molecule has 208 valence electrons. The topological polar surface area (TPSA) is 139 Å². The van der Waals surface area contributed by atoms with E-state index in [4.69, 9.17) is 17.3 Å². The van der Waals surface area contributed by atoms with Crippen LogP contribution in [0, 0.1) is 5.82 Å². The number of aromatic nitrogens is 4. The second-order valence-corrected chi connectivity index (χ2v) is 11.8. The van der Waals surface area contributed by atoms with Gasteiger partial charge in [-0.3, -0.25) is 9.29 Å². The Hall–Kier alpha value is -3.87. The number of nitrogens with zero attached hydrogens (tertiary/aromatic N) is 5. The van der Waals surface area contributed by atoms with Gasteiger partial charge >= 0.3 is 0 Å². The Kier molecular flexibility index (Phi) is 8.10. The van der Waals surface area contributed by atoms with Crippen LogP contribution in [0.15, 0.2) is 72.1 Å². The molecule has 2 aromatic heterocycles. The average molecular weight is 583 g/mol. The molecule has 13 heteroatoms. The van der Waals surface area contributed by atoms with E-state index in [0.29, 0.717) is 28.7 Å². The first-order chi connectivity index (χ1) is 19.2. The van der Waals surface area contributed by atoms with Gasteiger partial charge in [-0.1, -0.05) is 23.7 Å². The van der Waals surface area contributed by atoms with Crippen molar-refractivity contribution >= 4 is 44.6 Å². The van der Waals surface area contributed by atoms with E-state index < -0.39 is 15.8 Å². The fraction of sp³-hybridized carbons (Fsp3) is 0.259. The van der Waals surface area contributed by atoms with Crippen molar-refractivity contribution in [1.29, 1.82) is 0 Å². The lowest BCUT2D eigenvalue weighted by molar-refractivity contribution is 0.410. The molecule has 0 atom stereocenters. The number of rotatable bonds is 8. The molecule has 2 aromatic carbocycles. The third kappa shape index (κ3) is 5.98. The first-order valence-electron chi connectivity index (χ1n) is 12.7. The van der Waals surface area contributed by atoms with E-state index in [1.54, 1.807) is 36.7 Å². The van der Waals surface area contributed by atoms with Crippen molar-refractivity contribution in [3.63, 3.8) is 0 Å². The Morgan fingerprint density at radius 3 is 2.60 bits per heavy atom. The van der Waals surface area contributed by atoms with Crippen LogP contribution in [0.4, 0.5) is 27.4 Å². The van der Waals surface area contributed by atoms with Crippen molar-refractivity contribution in [2.24, 2.45) is 5.73 Å². The summed E-state index contributed by atoms with van der Waals surface area (Å²) in [4.78, 5) is 17.2. The molecule has 1 aliphatic carbocycles. The van der Waals surface area contributed by atoms with Gasteiger partial charge in [0.15, 0.2) is 5.82 Å². The van der Waals surface area contributed by atoms with Gasteiger partial charge in [-0.25, -0.2) is 22.8 Å². The first-order valence-corrected chi connectivity index (χ1v) is 14.5. The van der Waals surface area contributed by atoms with Gasteiger partial charge in [0.25, 0.3) is 10.0 Å². The molecule has 2 heterocycles. The molecule has 4 aromatic rings. The molecule has 4 N–H and O–H groups in total. The van der Waals surface area contributed by atoms with E-state index in [9.17, 15) is 8.42 Å². The SMILES string of the molecule is CN(c1ccc(Nc2ccncc2-c2ncnc(NC3CCC(N)CC3)n2)cc1F)S(=O)(=O)c1ccccc1Cl. The molecule has 0 saturated heterocycles. The number of sulfonamides is 1. The summed E-state index contributed by atoms with van der Waals surface area (Å²) in [5.41, 5.74) is 7.44. The van der Waals surface area contributed by atoms with Gasteiger partial charge in [0.1, 0.15) is 17.0 Å². The number of hydrogen-bond acceptors (Lipinski definition) is 9. The van der Waals surface area contributed by atoms with Crippen molar-refractivity contribution in [1.82, 2.24) is 19.9 Å². The van der Waals surface area contributed by atoms with Crippen LogP contribution < -0.4 is 20.7 Å². The van der Waals surface area contributed by atoms with Crippen molar-refractivity contribution < 1.29 is 12.8 Å². The minimum Gasteiger partial charge on any atom is -0.355 e. The highest BCUT2D eigenvalue weighted by Crippen LogP contribution is 2.32. The maximum atomic E-state index is 15.2. The average Bonchev–Trinajstić information content (AvgIpc) is 2.95. The summed E-state index contributed by atoms with van der Waals surface area (Å²) in [6.45, 7) is 0. The zero-order chi connectivity index (χ0) is 28.3. The second kappa shape index (κ2) is 11.7. The summed E-state index contributed by atoms with van der Waals surface area (Å²) < 4.78 is 42.2. The minimum atomic E-state index is -4.08. The summed E-state index contributed by atoms with van der Waals surface area (Å²) in [5.74, 6) is 0.110. The predicted molar refractivity (Wildman–Crippen MR) is 154 cm³/mol. The van der Waals surface area contributed by atoms with Crippen LogP contribution in [-0.2, 0) is 10.0 Å². The zero-order valence-corrected chi connectivity index (χ0v) is 23.2. The van der Waals surface area contributed by atoms with Crippen molar-refractivity contribution in [2.45, 2.75) is 42.7 Å². The number of nitrogens with two attached hydrogens (primary N) is 1. The standard InChI is InChI=1S/C27H28ClFN8O2S/c1-37(40(38,39)25-5-3-2-4-21(25)28)24-11-10-19(14-22(24)29)34-23-12-13-31-15-20(23)26-32-16-33-27(36-26)35-18-8-6-17(30)7-9-18/h2-5,10-18H,6-9,30H2,1H3,(H,31,34)(H,32,33,35,36). The van der Waals surface area contributed by atoms with Gasteiger partial charge in [-0.05, 0) is 62.1 Å². The van der Waals surface area contributed by atoms with Gasteiger partial charge in [0.05, 0.1) is 22.0 Å². The summed E-state index contributed by atoms with van der Waals surface area (Å²) >= 11 is 6.09. The van der Waals surface area contributed by atoms with Gasteiger partial charge in [0.2, 0.25) is 5.95 Å². The van der Waals surface area contributed by atoms with Gasteiger partial charge in [-0.15, -0.1) is 0 Å². The molecule has 40 heavy (non-hydrogen) atoms. The summed E-state index contributed by atoms with van der Waals surface area (Å²) in [6, 6.07) is 12.4. The van der Waals surface area contributed by atoms with Crippen molar-refractivity contribution in [3.05, 3.63) is 78.1 Å². The van der Waals surface area contributed by atoms with Gasteiger partial charge in [-0.2, -0.15) is 4.98 Å². The first kappa shape index (κ1) is 27.7. The number of benzene rings is 2. The number of halogens is 2. The Labute approximate surface area is 236 Å². The third-order valence-electron chi connectivity index (χ3n) is 6.78. The maximum Gasteiger partial charge on any atom is 0.265 e. The molecule has 0 spiro atoms. The normalized spacial score (nSPS) is 17.3. The Bertz CT molecular complexity index is 1620. The van der Waals surface area contributed by atoms with Gasteiger partial charge in [0, 0.05) is 37.2 Å². The fourth-order valence-corrected chi connectivity index (χ4v) is 6.25. The summed E-state index contributed by atoms with van der Waals surface area (Å²) in [6.07, 6.45) is 8.41. The molecular formula is C27H28ClFN8O2S. The second-order valence-electron chi connectivity index (χ2n) is 9.50. The molecular weight excluding hydrogens is 555 g/mol. The van der Waals surface area contributed by atoms with E-state index in [1.165, 1.54) is 37.6 Å². The van der Waals surface area contributed by atoms with Crippen LogP contribution in [0.25, 0.3) is 11.4 Å². The van der Waals surface area contributed by atoms with E-state index in [0.717, 1.165) is 30.0 Å². The van der Waals surface area contributed by atoms with Gasteiger partial charge < -0.3 is 16.4 Å². The fourth-order valence-electron chi connectivity index (χ4n) is 4.55. The zero-order valence-electron chi connectivity index (χ0n) is 21.6. The monoisotopic (exact) mass is 582 g/mol. The number of hydrogen-bond donors (Lipinski definition) is 3. The number of anilines is 4. The lowest BCUT2D eigenvalue weighted by Gasteiger charge is -2.26. The molecule has 1 saturated carbocycles. The summed E-state index contributed by atoms with van der Waals surface area (Å²) in [5, 5.41) is 6.58. The van der Waals surface area contributed by atoms with E-state index >= 15 is 4.39 Å². The molecule has 10 nitrogen and oxygen atoms in total. The van der Waals surface area contributed by atoms with E-state index in [1.807, 2.05) is 0 Å². The van der Waals surface area contributed by atoms with Crippen LogP contribution in [0.2, 0.25) is 5.02 Å². The van der Waals surface area contributed by atoms with Crippen LogP contribution in [-0.4, -0.2) is 47.5 Å². The minimum absolute atomic E-state index is 0.0536. The number of pyridine rings is 1. The molecule has 1 aliphatic rings. The van der Waals surface area contributed by atoms with E-state index in [-0.39, 0.29) is 27.7 Å². The molecule has 0 unspecified atom stereocenters. The van der Waals surface area contributed by atoms with E-state index in [2.05, 4.69) is 30.6 Å². The maximum absolute atomic E-state index is 15.2. The highest BCUT2D eigenvalue weighted by atomic mass is 35.5. The lowest BCUT2D eigenvalue weighted by Crippen LogP contribution is -2.33. The quantitative estimate of drug-likeness (QED) is 0.262. The van der Waals surface area contributed by atoms with Crippen molar-refractivity contribution in [2.75, 3.05) is 22.0 Å². The Balaban J connectivity index is 1.36. The highest BCUT2D eigenvalue weighted by Gasteiger charge is 2.26. The summed E-state index contributed by atoms with van der Waals surface area (Å²) in [7, 11) is -2.80. The largest absolute Gasteiger partial charge is 0.355 e. The van der Waals surface area contributed by atoms with Crippen molar-refractivity contribution in [3.8, 4) is 11.4 Å². The number of nitrogens with one attached hydrogen (secondary N) is 2. The Morgan fingerprint density at radius 1 is 1.07 bits per heavy atom. The predicted octanol–water partition coefficient (Wildman–Crippen LogP) is 4.98. The molecule has 0 amide bonds. The highest BCUT2D eigenvalue weighted by molar-refractivity contribution is 7.93. The molecule has 0 radical (unpaired) electrons. The lowest BCUT2D eigenvalue weighted by atomic mass is 9.92. The van der Waals surface area contributed by atoms with Crippen LogP contribution >= 0.6 is 11.6 Å². The Morgan fingerprint density at radius 2 is 1.85 bits per heavy atom.